The van der Waals surface area contributed by atoms with Crippen LogP contribution in [-0.2, 0) is 6.54 Å². The topological polar surface area (TPSA) is 103 Å². The monoisotopic (exact) mass is 278 g/mol. The molecule has 1 aromatic carbocycles. The van der Waals surface area contributed by atoms with Gasteiger partial charge in [0.2, 0.25) is 6.33 Å². The van der Waals surface area contributed by atoms with E-state index < -0.39 is 17.0 Å². The lowest BCUT2D eigenvalue weighted by atomic mass is 10.2. The Bertz CT molecular complexity index is 599. The van der Waals surface area contributed by atoms with E-state index in [1.54, 1.807) is 6.07 Å². The minimum absolute atomic E-state index is 0.0666. The third kappa shape index (κ3) is 3.75. The van der Waals surface area contributed by atoms with E-state index in [1.807, 2.05) is 25.1 Å². The molecule has 1 unspecified atom stereocenters. The second-order valence-electron chi connectivity index (χ2n) is 4.31. The molecule has 0 amide bonds. The van der Waals surface area contributed by atoms with Crippen molar-refractivity contribution in [2.45, 2.75) is 19.6 Å². The molecule has 1 aromatic heterocycles. The fraction of sp³-hybridized carbons (Fsp3) is 0.333. The number of aliphatic hydroxyl groups excluding tert-OH is 1. The number of benzene rings is 1. The summed E-state index contributed by atoms with van der Waals surface area (Å²) in [6.07, 6.45) is 0.366. The molecule has 0 aliphatic heterocycles. The van der Waals surface area contributed by atoms with Gasteiger partial charge in [0.25, 0.3) is 0 Å². The molecule has 2 aromatic rings. The van der Waals surface area contributed by atoms with Gasteiger partial charge in [-0.15, -0.1) is 0 Å². The molecule has 0 aliphatic rings. The second-order valence-corrected chi connectivity index (χ2v) is 4.31. The van der Waals surface area contributed by atoms with Crippen LogP contribution in [0.1, 0.15) is 5.56 Å². The highest BCUT2D eigenvalue weighted by Gasteiger charge is 2.16. The highest BCUT2D eigenvalue weighted by atomic mass is 16.6. The summed E-state index contributed by atoms with van der Waals surface area (Å²) in [5, 5.41) is 23.8. The maximum Gasteiger partial charge on any atom is 0.490 e. The molecule has 1 N–H and O–H groups in total. The van der Waals surface area contributed by atoms with Gasteiger partial charge in [-0.3, -0.25) is 0 Å². The summed E-state index contributed by atoms with van der Waals surface area (Å²) in [7, 11) is 0. The van der Waals surface area contributed by atoms with Gasteiger partial charge in [-0.05, 0) is 29.5 Å². The zero-order valence-corrected chi connectivity index (χ0v) is 10.8. The first-order valence-corrected chi connectivity index (χ1v) is 5.96. The third-order valence-electron chi connectivity index (χ3n) is 2.52. The number of nitro groups is 1. The van der Waals surface area contributed by atoms with Gasteiger partial charge in [-0.2, -0.15) is 4.68 Å². The Morgan fingerprint density at radius 3 is 3.00 bits per heavy atom. The summed E-state index contributed by atoms with van der Waals surface area (Å²) in [6.45, 7) is 2.08. The van der Waals surface area contributed by atoms with E-state index in [0.717, 1.165) is 5.56 Å². The van der Waals surface area contributed by atoms with Gasteiger partial charge in [0, 0.05) is 5.10 Å². The van der Waals surface area contributed by atoms with Crippen molar-refractivity contribution < 1.29 is 14.8 Å². The first-order chi connectivity index (χ1) is 9.54. The number of hydrogen-bond donors (Lipinski definition) is 1. The first kappa shape index (κ1) is 13.9. The van der Waals surface area contributed by atoms with Crippen LogP contribution in [0.4, 0.5) is 5.95 Å². The van der Waals surface area contributed by atoms with Crippen molar-refractivity contribution in [1.82, 2.24) is 14.8 Å². The average Bonchev–Trinajstić information content (AvgIpc) is 2.85. The standard InChI is InChI=1S/C12H14N4O4/c1-9-3-2-4-11(5-9)20-7-10(17)6-15-8-13-12(14-15)16(18)19/h2-5,8,10,17H,6-7H2,1H3. The number of nitrogens with zero attached hydrogens (tertiary/aromatic N) is 4. The second kappa shape index (κ2) is 6.11. The highest BCUT2D eigenvalue weighted by Crippen LogP contribution is 2.12. The number of aliphatic hydroxyl groups is 1. The minimum atomic E-state index is -0.836. The zero-order valence-electron chi connectivity index (χ0n) is 10.8. The molecule has 8 nitrogen and oxygen atoms in total. The molecule has 0 aliphatic carbocycles. The van der Waals surface area contributed by atoms with Crippen molar-refractivity contribution in [1.29, 1.82) is 0 Å². The molecule has 20 heavy (non-hydrogen) atoms. The lowest BCUT2D eigenvalue weighted by molar-refractivity contribution is -0.394. The van der Waals surface area contributed by atoms with E-state index in [4.69, 9.17) is 4.74 Å². The third-order valence-corrected chi connectivity index (χ3v) is 2.52. The predicted octanol–water partition coefficient (Wildman–Crippen LogP) is 0.935. The molecule has 106 valence electrons. The van der Waals surface area contributed by atoms with Gasteiger partial charge in [0.1, 0.15) is 18.5 Å². The highest BCUT2D eigenvalue weighted by molar-refractivity contribution is 5.27. The average molecular weight is 278 g/mol. The van der Waals surface area contributed by atoms with E-state index in [9.17, 15) is 15.2 Å². The predicted molar refractivity (Wildman–Crippen MR) is 69.4 cm³/mol. The molecule has 8 heteroatoms. The largest absolute Gasteiger partial charge is 0.491 e. The lowest BCUT2D eigenvalue weighted by Crippen LogP contribution is -2.24. The van der Waals surface area contributed by atoms with Gasteiger partial charge >= 0.3 is 5.95 Å². The number of aryl methyl sites for hydroxylation is 1. The molecule has 1 atom stereocenters. The van der Waals surface area contributed by atoms with Crippen LogP contribution >= 0.6 is 0 Å². The molecule has 0 spiro atoms. The summed E-state index contributed by atoms with van der Waals surface area (Å²) in [4.78, 5) is 13.2. The van der Waals surface area contributed by atoms with Gasteiger partial charge < -0.3 is 20.0 Å². The van der Waals surface area contributed by atoms with Crippen molar-refractivity contribution >= 4 is 5.95 Å². The van der Waals surface area contributed by atoms with Crippen molar-refractivity contribution in [2.75, 3.05) is 6.61 Å². The molecule has 0 radical (unpaired) electrons. The fourth-order valence-electron chi connectivity index (χ4n) is 1.62. The van der Waals surface area contributed by atoms with E-state index >= 15 is 0 Å². The Balaban J connectivity index is 1.85. The maximum absolute atomic E-state index is 10.4. The number of aromatic nitrogens is 3. The molecule has 0 fully saturated rings. The molecular formula is C12H14N4O4. The van der Waals surface area contributed by atoms with Crippen molar-refractivity contribution in [3.8, 4) is 5.75 Å². The summed E-state index contributed by atoms with van der Waals surface area (Å²) < 4.78 is 6.64. The Labute approximate surface area is 114 Å². The zero-order chi connectivity index (χ0) is 14.5. The van der Waals surface area contributed by atoms with Crippen LogP contribution in [0.3, 0.4) is 0 Å². The summed E-state index contributed by atoms with van der Waals surface area (Å²) in [5.74, 6) is 0.172. The molecule has 0 bridgehead atoms. The molecule has 2 rings (SSSR count). The van der Waals surface area contributed by atoms with E-state index in [0.29, 0.717) is 5.75 Å². The molecule has 0 saturated heterocycles. The van der Waals surface area contributed by atoms with Gasteiger partial charge in [-0.1, -0.05) is 17.1 Å². The van der Waals surface area contributed by atoms with Crippen molar-refractivity contribution in [3.63, 3.8) is 0 Å². The van der Waals surface area contributed by atoms with E-state index in [-0.39, 0.29) is 13.2 Å². The van der Waals surface area contributed by atoms with Crippen LogP contribution in [0, 0.1) is 17.0 Å². The number of ether oxygens (including phenoxy) is 1. The lowest BCUT2D eigenvalue weighted by Gasteiger charge is -2.11. The van der Waals surface area contributed by atoms with Crippen LogP contribution in [-0.4, -0.2) is 37.5 Å². The normalized spacial score (nSPS) is 12.1. The number of hydrogen-bond acceptors (Lipinski definition) is 6. The SMILES string of the molecule is Cc1cccc(OCC(O)Cn2cnc([N+](=O)[O-])n2)c1. The van der Waals surface area contributed by atoms with Crippen molar-refractivity contribution in [3.05, 3.63) is 46.3 Å². The smallest absolute Gasteiger partial charge is 0.490 e. The fourth-order valence-corrected chi connectivity index (χ4v) is 1.62. The van der Waals surface area contributed by atoms with E-state index in [2.05, 4.69) is 10.1 Å². The quantitative estimate of drug-likeness (QED) is 0.623. The van der Waals surface area contributed by atoms with Crippen LogP contribution in [0.2, 0.25) is 0 Å². The number of rotatable bonds is 6. The van der Waals surface area contributed by atoms with Crippen LogP contribution in [0.25, 0.3) is 0 Å². The molecule has 0 saturated carbocycles. The van der Waals surface area contributed by atoms with Crippen molar-refractivity contribution in [2.24, 2.45) is 0 Å². The molecule has 1 heterocycles. The summed E-state index contributed by atoms with van der Waals surface area (Å²) in [6, 6.07) is 7.45. The summed E-state index contributed by atoms with van der Waals surface area (Å²) in [5.41, 5.74) is 1.06. The van der Waals surface area contributed by atoms with E-state index in [1.165, 1.54) is 11.0 Å². The maximum atomic E-state index is 10.4. The minimum Gasteiger partial charge on any atom is -0.491 e. The summed E-state index contributed by atoms with van der Waals surface area (Å²) >= 11 is 0. The van der Waals surface area contributed by atoms with Gasteiger partial charge in [0.05, 0.1) is 6.54 Å². The Morgan fingerprint density at radius 2 is 2.35 bits per heavy atom. The van der Waals surface area contributed by atoms with Crippen LogP contribution in [0.15, 0.2) is 30.6 Å². The van der Waals surface area contributed by atoms with Gasteiger partial charge in [-0.25, -0.2) is 0 Å². The van der Waals surface area contributed by atoms with Gasteiger partial charge in [0.15, 0.2) is 0 Å². The van der Waals surface area contributed by atoms with Crippen LogP contribution < -0.4 is 4.74 Å². The Hall–Kier alpha value is -2.48. The first-order valence-electron chi connectivity index (χ1n) is 5.96. The Kier molecular flexibility index (Phi) is 4.26. The van der Waals surface area contributed by atoms with Crippen LogP contribution in [0.5, 0.6) is 5.75 Å². The molecular weight excluding hydrogens is 264 g/mol. The Morgan fingerprint density at radius 1 is 1.55 bits per heavy atom.